The lowest BCUT2D eigenvalue weighted by molar-refractivity contribution is 0.424. The summed E-state index contributed by atoms with van der Waals surface area (Å²) in [6.07, 6.45) is 1.15. The molecule has 2 N–H and O–H groups in total. The van der Waals surface area contributed by atoms with Gasteiger partial charge in [0.25, 0.3) is 0 Å². The molecule has 2 aromatic rings. The summed E-state index contributed by atoms with van der Waals surface area (Å²) in [6.45, 7) is 8.91. The van der Waals surface area contributed by atoms with E-state index in [1.54, 1.807) is 0 Å². The van der Waals surface area contributed by atoms with Crippen LogP contribution in [0.1, 0.15) is 57.2 Å². The quantitative estimate of drug-likeness (QED) is 0.889. The Bertz CT molecular complexity index is 623. The number of nitrogen functional groups attached to an aromatic ring is 1. The molecular weight excluding hydrogens is 248 g/mol. The number of anilines is 1. The summed E-state index contributed by atoms with van der Waals surface area (Å²) < 4.78 is 5.25. The van der Waals surface area contributed by atoms with Gasteiger partial charge in [0.2, 0.25) is 5.88 Å². The van der Waals surface area contributed by atoms with Crippen LogP contribution in [0.3, 0.4) is 0 Å². The number of benzene rings is 1. The molecule has 1 aliphatic rings. The van der Waals surface area contributed by atoms with Gasteiger partial charge in [-0.25, -0.2) is 0 Å². The predicted octanol–water partition coefficient (Wildman–Crippen LogP) is 4.56. The molecule has 3 rings (SSSR count). The van der Waals surface area contributed by atoms with Gasteiger partial charge in [-0.05, 0) is 28.9 Å². The van der Waals surface area contributed by atoms with E-state index in [2.05, 4.69) is 57.1 Å². The second-order valence-electron chi connectivity index (χ2n) is 6.83. The van der Waals surface area contributed by atoms with Gasteiger partial charge in [0, 0.05) is 5.92 Å². The largest absolute Gasteiger partial charge is 0.367 e. The van der Waals surface area contributed by atoms with Crippen LogP contribution in [0.25, 0.3) is 11.1 Å². The van der Waals surface area contributed by atoms with E-state index in [9.17, 15) is 0 Å². The molecule has 3 heteroatoms. The number of rotatable bonds is 3. The molecule has 1 unspecified atom stereocenters. The maximum absolute atomic E-state index is 6.00. The highest BCUT2D eigenvalue weighted by atomic mass is 16.5. The van der Waals surface area contributed by atoms with Gasteiger partial charge in [0.1, 0.15) is 0 Å². The third kappa shape index (κ3) is 2.11. The molecule has 1 aromatic heterocycles. The highest BCUT2D eigenvalue weighted by Crippen LogP contribution is 2.60. The first-order valence-electron chi connectivity index (χ1n) is 7.25. The van der Waals surface area contributed by atoms with Crippen molar-refractivity contribution in [1.29, 1.82) is 0 Å². The van der Waals surface area contributed by atoms with Crippen molar-refractivity contribution in [3.63, 3.8) is 0 Å². The highest BCUT2D eigenvalue weighted by Gasteiger charge is 2.49. The van der Waals surface area contributed by atoms with E-state index in [0.717, 1.165) is 23.2 Å². The molecule has 0 radical (unpaired) electrons. The second kappa shape index (κ2) is 4.37. The molecule has 0 spiro atoms. The summed E-state index contributed by atoms with van der Waals surface area (Å²) in [5, 5.41) is 4.21. The van der Waals surface area contributed by atoms with Gasteiger partial charge in [0.05, 0.1) is 11.3 Å². The molecule has 0 saturated heterocycles. The smallest absolute Gasteiger partial charge is 0.230 e. The first-order valence-corrected chi connectivity index (χ1v) is 7.25. The van der Waals surface area contributed by atoms with E-state index in [0.29, 0.717) is 23.1 Å². The summed E-state index contributed by atoms with van der Waals surface area (Å²) in [6, 6.07) is 8.57. The zero-order valence-electron chi connectivity index (χ0n) is 12.6. The monoisotopic (exact) mass is 270 g/mol. The Morgan fingerprint density at radius 2 is 1.85 bits per heavy atom. The molecule has 0 bridgehead atoms. The summed E-state index contributed by atoms with van der Waals surface area (Å²) >= 11 is 0. The van der Waals surface area contributed by atoms with Crippen LogP contribution < -0.4 is 5.73 Å². The fraction of sp³-hybridized carbons (Fsp3) is 0.471. The third-order valence-corrected chi connectivity index (χ3v) is 4.45. The average Bonchev–Trinajstić information content (AvgIpc) is 2.86. The standard InChI is InChI=1S/C17H22N2O/c1-10(2)11-5-7-12(8-6-11)14-15(19-20-16(14)18)13-9-17(13,3)4/h5-8,10,13H,9,18H2,1-4H3. The lowest BCUT2D eigenvalue weighted by atomic mass is 9.96. The second-order valence-corrected chi connectivity index (χ2v) is 6.83. The van der Waals surface area contributed by atoms with E-state index in [1.807, 2.05) is 0 Å². The SMILES string of the molecule is CC(C)c1ccc(-c2c(C3CC3(C)C)noc2N)cc1. The van der Waals surface area contributed by atoms with Crippen LogP contribution in [0.5, 0.6) is 0 Å². The van der Waals surface area contributed by atoms with Gasteiger partial charge in [-0.15, -0.1) is 0 Å². The molecule has 1 heterocycles. The van der Waals surface area contributed by atoms with Crippen molar-refractivity contribution in [2.45, 2.75) is 46.0 Å². The number of nitrogens with two attached hydrogens (primary N) is 1. The van der Waals surface area contributed by atoms with Gasteiger partial charge < -0.3 is 10.3 Å². The number of hydrogen-bond acceptors (Lipinski definition) is 3. The van der Waals surface area contributed by atoms with Crippen molar-refractivity contribution in [2.24, 2.45) is 5.41 Å². The average molecular weight is 270 g/mol. The van der Waals surface area contributed by atoms with Crippen molar-refractivity contribution in [3.8, 4) is 11.1 Å². The first kappa shape index (κ1) is 13.2. The summed E-state index contributed by atoms with van der Waals surface area (Å²) in [7, 11) is 0. The minimum Gasteiger partial charge on any atom is -0.367 e. The Morgan fingerprint density at radius 3 is 2.35 bits per heavy atom. The van der Waals surface area contributed by atoms with Crippen LogP contribution >= 0.6 is 0 Å². The maximum atomic E-state index is 6.00. The molecule has 0 aliphatic heterocycles. The van der Waals surface area contributed by atoms with E-state index in [4.69, 9.17) is 10.3 Å². The number of hydrogen-bond donors (Lipinski definition) is 1. The molecular formula is C17H22N2O. The minimum atomic E-state index is 0.315. The van der Waals surface area contributed by atoms with E-state index >= 15 is 0 Å². The van der Waals surface area contributed by atoms with Crippen molar-refractivity contribution < 1.29 is 4.52 Å². The zero-order valence-corrected chi connectivity index (χ0v) is 12.6. The Morgan fingerprint density at radius 1 is 1.25 bits per heavy atom. The molecule has 1 saturated carbocycles. The molecule has 3 nitrogen and oxygen atoms in total. The summed E-state index contributed by atoms with van der Waals surface area (Å²) in [4.78, 5) is 0. The zero-order chi connectivity index (χ0) is 14.5. The van der Waals surface area contributed by atoms with Gasteiger partial charge >= 0.3 is 0 Å². The van der Waals surface area contributed by atoms with E-state index in [1.165, 1.54) is 5.56 Å². The van der Waals surface area contributed by atoms with Crippen LogP contribution in [0, 0.1) is 5.41 Å². The van der Waals surface area contributed by atoms with Crippen LogP contribution in [0.4, 0.5) is 5.88 Å². The number of aromatic nitrogens is 1. The van der Waals surface area contributed by atoms with Gasteiger partial charge in [-0.2, -0.15) is 0 Å². The maximum Gasteiger partial charge on any atom is 0.230 e. The molecule has 106 valence electrons. The van der Waals surface area contributed by atoms with Crippen LogP contribution in [0.15, 0.2) is 28.8 Å². The highest BCUT2D eigenvalue weighted by molar-refractivity contribution is 5.76. The van der Waals surface area contributed by atoms with Crippen LogP contribution in [0.2, 0.25) is 0 Å². The Kier molecular flexibility index (Phi) is 2.89. The summed E-state index contributed by atoms with van der Waals surface area (Å²) in [5.41, 5.74) is 10.7. The lowest BCUT2D eigenvalue weighted by Crippen LogP contribution is -1.94. The Hall–Kier alpha value is -1.77. The van der Waals surface area contributed by atoms with E-state index < -0.39 is 0 Å². The summed E-state index contributed by atoms with van der Waals surface area (Å²) in [5.74, 6) is 1.43. The first-order chi connectivity index (χ1) is 9.40. The van der Waals surface area contributed by atoms with Crippen molar-refractivity contribution in [2.75, 3.05) is 5.73 Å². The molecule has 1 fully saturated rings. The van der Waals surface area contributed by atoms with Crippen molar-refractivity contribution in [3.05, 3.63) is 35.5 Å². The van der Waals surface area contributed by atoms with Crippen LogP contribution in [-0.4, -0.2) is 5.16 Å². The molecule has 1 atom stereocenters. The molecule has 0 amide bonds. The molecule has 20 heavy (non-hydrogen) atoms. The van der Waals surface area contributed by atoms with Crippen molar-refractivity contribution >= 4 is 5.88 Å². The number of nitrogens with zero attached hydrogens (tertiary/aromatic N) is 1. The van der Waals surface area contributed by atoms with E-state index in [-0.39, 0.29) is 0 Å². The minimum absolute atomic E-state index is 0.315. The Labute approximate surface area is 120 Å². The van der Waals surface area contributed by atoms with Gasteiger partial charge in [-0.3, -0.25) is 0 Å². The predicted molar refractivity (Wildman–Crippen MR) is 81.6 cm³/mol. The van der Waals surface area contributed by atoms with Crippen molar-refractivity contribution in [1.82, 2.24) is 5.16 Å². The fourth-order valence-corrected chi connectivity index (χ4v) is 2.81. The fourth-order valence-electron chi connectivity index (χ4n) is 2.81. The topological polar surface area (TPSA) is 52.0 Å². The Balaban J connectivity index is 2.00. The lowest BCUT2D eigenvalue weighted by Gasteiger charge is -2.08. The van der Waals surface area contributed by atoms with Gasteiger partial charge in [0.15, 0.2) is 0 Å². The third-order valence-electron chi connectivity index (χ3n) is 4.45. The normalized spacial score (nSPS) is 20.4. The van der Waals surface area contributed by atoms with Crippen LogP contribution in [-0.2, 0) is 0 Å². The molecule has 1 aliphatic carbocycles. The van der Waals surface area contributed by atoms with Gasteiger partial charge in [-0.1, -0.05) is 57.1 Å². The molecule has 1 aromatic carbocycles.